The Morgan fingerprint density at radius 2 is 2.28 bits per heavy atom. The van der Waals surface area contributed by atoms with Gasteiger partial charge in [0.25, 0.3) is 10.0 Å². The highest BCUT2D eigenvalue weighted by atomic mass is 32.2. The Bertz CT molecular complexity index is 525. The molecule has 0 aliphatic carbocycles. The first kappa shape index (κ1) is 12.1. The van der Waals surface area contributed by atoms with E-state index in [2.05, 4.69) is 10.3 Å². The van der Waals surface area contributed by atoms with Crippen molar-refractivity contribution in [3.8, 4) is 0 Å². The molecule has 2 saturated heterocycles. The number of aromatic nitrogens is 2. The van der Waals surface area contributed by atoms with E-state index in [1.807, 2.05) is 0 Å². The van der Waals surface area contributed by atoms with Gasteiger partial charge in [-0.2, -0.15) is 4.31 Å². The average Bonchev–Trinajstić information content (AvgIpc) is 2.94. The van der Waals surface area contributed by atoms with Crippen LogP contribution < -0.4 is 5.32 Å². The normalized spacial score (nSPS) is 29.4. The average molecular weight is 270 g/mol. The van der Waals surface area contributed by atoms with Crippen molar-refractivity contribution in [1.29, 1.82) is 0 Å². The zero-order valence-electron chi connectivity index (χ0n) is 10.4. The second kappa shape index (κ2) is 4.32. The van der Waals surface area contributed by atoms with E-state index < -0.39 is 10.0 Å². The molecule has 7 heteroatoms. The van der Waals surface area contributed by atoms with E-state index in [1.165, 1.54) is 6.33 Å². The van der Waals surface area contributed by atoms with Crippen LogP contribution in [0.1, 0.15) is 12.8 Å². The molecular formula is C11H18N4O2S. The van der Waals surface area contributed by atoms with Gasteiger partial charge in [0.2, 0.25) is 0 Å². The van der Waals surface area contributed by atoms with Gasteiger partial charge in [0.05, 0.1) is 6.33 Å². The summed E-state index contributed by atoms with van der Waals surface area (Å²) in [5.74, 6) is 0.456. The highest BCUT2D eigenvalue weighted by Crippen LogP contribution is 2.28. The van der Waals surface area contributed by atoms with Crippen LogP contribution in [-0.2, 0) is 17.1 Å². The van der Waals surface area contributed by atoms with Gasteiger partial charge in [-0.3, -0.25) is 0 Å². The molecule has 2 fully saturated rings. The Hall–Kier alpha value is -0.920. The number of imidazole rings is 1. The number of nitrogens with one attached hydrogen (secondary N) is 1. The maximum atomic E-state index is 12.4. The maximum absolute atomic E-state index is 12.4. The standard InChI is InChI=1S/C11H18N4O2S/c1-14-7-11(13-8-14)18(16,17)15-5-9-3-2-4-12-10(9)6-15/h7-10,12H,2-6H2,1H3. The van der Waals surface area contributed by atoms with Gasteiger partial charge < -0.3 is 9.88 Å². The molecule has 2 aliphatic rings. The van der Waals surface area contributed by atoms with E-state index in [1.54, 1.807) is 22.1 Å². The van der Waals surface area contributed by atoms with E-state index in [9.17, 15) is 8.42 Å². The van der Waals surface area contributed by atoms with Gasteiger partial charge in [-0.15, -0.1) is 0 Å². The lowest BCUT2D eigenvalue weighted by Crippen LogP contribution is -2.41. The first-order chi connectivity index (χ1) is 8.57. The SMILES string of the molecule is Cn1cnc(S(=O)(=O)N2CC3CCCNC3C2)c1. The maximum Gasteiger partial charge on any atom is 0.262 e. The minimum absolute atomic E-state index is 0.156. The summed E-state index contributed by atoms with van der Waals surface area (Å²) in [4.78, 5) is 3.96. The number of rotatable bonds is 2. The number of hydrogen-bond donors (Lipinski definition) is 1. The molecule has 0 spiro atoms. The zero-order valence-corrected chi connectivity index (χ0v) is 11.2. The Morgan fingerprint density at radius 1 is 1.44 bits per heavy atom. The number of piperidine rings is 1. The summed E-state index contributed by atoms with van der Waals surface area (Å²) in [6, 6.07) is 0.317. The number of fused-ring (bicyclic) bond motifs is 1. The Balaban J connectivity index is 1.83. The van der Waals surface area contributed by atoms with Crippen LogP contribution in [0.25, 0.3) is 0 Å². The lowest BCUT2D eigenvalue weighted by Gasteiger charge is -2.24. The van der Waals surface area contributed by atoms with Crippen molar-refractivity contribution in [1.82, 2.24) is 19.2 Å². The number of hydrogen-bond acceptors (Lipinski definition) is 4. The van der Waals surface area contributed by atoms with Gasteiger partial charge in [-0.1, -0.05) is 0 Å². The number of aryl methyl sites for hydroxylation is 1. The fourth-order valence-electron chi connectivity index (χ4n) is 2.86. The molecule has 0 aromatic carbocycles. The van der Waals surface area contributed by atoms with Gasteiger partial charge in [-0.05, 0) is 25.3 Å². The van der Waals surface area contributed by atoms with Crippen LogP contribution in [0.3, 0.4) is 0 Å². The summed E-state index contributed by atoms with van der Waals surface area (Å²) >= 11 is 0. The predicted molar refractivity (Wildman–Crippen MR) is 66.5 cm³/mol. The van der Waals surface area contributed by atoms with Crippen molar-refractivity contribution in [3.05, 3.63) is 12.5 Å². The number of sulfonamides is 1. The molecular weight excluding hydrogens is 252 g/mol. The molecule has 2 aliphatic heterocycles. The highest BCUT2D eigenvalue weighted by molar-refractivity contribution is 7.89. The molecule has 0 radical (unpaired) electrons. The van der Waals surface area contributed by atoms with Gasteiger partial charge in [-0.25, -0.2) is 13.4 Å². The van der Waals surface area contributed by atoms with Gasteiger partial charge in [0, 0.05) is 32.4 Å². The van der Waals surface area contributed by atoms with Crippen molar-refractivity contribution in [3.63, 3.8) is 0 Å². The molecule has 0 bridgehead atoms. The van der Waals surface area contributed by atoms with Crippen molar-refractivity contribution in [2.45, 2.75) is 23.9 Å². The minimum Gasteiger partial charge on any atom is -0.339 e. The summed E-state index contributed by atoms with van der Waals surface area (Å²) in [5.41, 5.74) is 0. The third-order valence-electron chi connectivity index (χ3n) is 3.85. The van der Waals surface area contributed by atoms with Crippen LogP contribution in [0.5, 0.6) is 0 Å². The molecule has 0 saturated carbocycles. The first-order valence-corrected chi connectivity index (χ1v) is 7.73. The fraction of sp³-hybridized carbons (Fsp3) is 0.727. The topological polar surface area (TPSA) is 67.2 Å². The largest absolute Gasteiger partial charge is 0.339 e. The van der Waals surface area contributed by atoms with Crippen molar-refractivity contribution in [2.24, 2.45) is 13.0 Å². The van der Waals surface area contributed by atoms with Crippen molar-refractivity contribution < 1.29 is 8.42 Å². The van der Waals surface area contributed by atoms with Crippen LogP contribution in [0.2, 0.25) is 0 Å². The van der Waals surface area contributed by atoms with Crippen molar-refractivity contribution >= 4 is 10.0 Å². The summed E-state index contributed by atoms with van der Waals surface area (Å²) < 4.78 is 28.1. The first-order valence-electron chi connectivity index (χ1n) is 6.29. The van der Waals surface area contributed by atoms with E-state index in [0.29, 0.717) is 25.0 Å². The van der Waals surface area contributed by atoms with Crippen molar-refractivity contribution in [2.75, 3.05) is 19.6 Å². The zero-order chi connectivity index (χ0) is 12.8. The lowest BCUT2D eigenvalue weighted by molar-refractivity contribution is 0.339. The molecule has 3 heterocycles. The Labute approximate surface area is 107 Å². The number of nitrogens with zero attached hydrogens (tertiary/aromatic N) is 3. The molecule has 1 aromatic heterocycles. The smallest absolute Gasteiger partial charge is 0.262 e. The van der Waals surface area contributed by atoms with E-state index in [0.717, 1.165) is 19.4 Å². The third-order valence-corrected chi connectivity index (χ3v) is 5.57. The van der Waals surface area contributed by atoms with Crippen LogP contribution in [0.4, 0.5) is 0 Å². The quantitative estimate of drug-likeness (QED) is 0.807. The predicted octanol–water partition coefficient (Wildman–Crippen LogP) is -0.207. The minimum atomic E-state index is -3.41. The second-order valence-electron chi connectivity index (χ2n) is 5.16. The molecule has 6 nitrogen and oxygen atoms in total. The monoisotopic (exact) mass is 270 g/mol. The van der Waals surface area contributed by atoms with Crippen LogP contribution in [0, 0.1) is 5.92 Å². The summed E-state index contributed by atoms with van der Waals surface area (Å²) in [6.07, 6.45) is 5.34. The van der Waals surface area contributed by atoms with E-state index in [-0.39, 0.29) is 5.03 Å². The molecule has 3 rings (SSSR count). The van der Waals surface area contributed by atoms with E-state index in [4.69, 9.17) is 0 Å². The van der Waals surface area contributed by atoms with Crippen LogP contribution in [-0.4, -0.2) is 48.0 Å². The molecule has 18 heavy (non-hydrogen) atoms. The Kier molecular flexibility index (Phi) is 2.91. The third kappa shape index (κ3) is 1.96. The molecule has 2 atom stereocenters. The van der Waals surface area contributed by atoms with E-state index >= 15 is 0 Å². The highest BCUT2D eigenvalue weighted by Gasteiger charge is 2.40. The molecule has 0 amide bonds. The van der Waals surface area contributed by atoms with Gasteiger partial charge in [0.1, 0.15) is 0 Å². The summed E-state index contributed by atoms with van der Waals surface area (Å²) in [7, 11) is -1.64. The summed E-state index contributed by atoms with van der Waals surface area (Å²) in [6.45, 7) is 2.19. The fourth-order valence-corrected chi connectivity index (χ4v) is 4.35. The lowest BCUT2D eigenvalue weighted by atomic mass is 9.94. The van der Waals surface area contributed by atoms with Gasteiger partial charge >= 0.3 is 0 Å². The Morgan fingerprint density at radius 3 is 2.94 bits per heavy atom. The molecule has 100 valence electrons. The van der Waals surface area contributed by atoms with Crippen LogP contribution >= 0.6 is 0 Å². The molecule has 2 unspecified atom stereocenters. The summed E-state index contributed by atoms with van der Waals surface area (Å²) in [5, 5.41) is 3.56. The van der Waals surface area contributed by atoms with Crippen LogP contribution in [0.15, 0.2) is 17.6 Å². The molecule has 1 N–H and O–H groups in total. The second-order valence-corrected chi connectivity index (χ2v) is 7.05. The molecule has 1 aromatic rings. The van der Waals surface area contributed by atoms with Gasteiger partial charge in [0.15, 0.2) is 5.03 Å².